The van der Waals surface area contributed by atoms with Crippen LogP contribution in [0.5, 0.6) is 5.75 Å². The normalized spacial score (nSPS) is 20.8. The Labute approximate surface area is 157 Å². The van der Waals surface area contributed by atoms with E-state index in [0.29, 0.717) is 30.7 Å². The number of alkyl carbamates (subject to hydrolysis) is 1. The molecule has 0 saturated heterocycles. The molecule has 1 aromatic rings. The first-order chi connectivity index (χ1) is 12.5. The van der Waals surface area contributed by atoms with E-state index in [1.54, 1.807) is 0 Å². The molecular formula is C19H27F3N2O3. The Hall–Kier alpha value is -1.99. The Balaban J connectivity index is 1.67. The van der Waals surface area contributed by atoms with E-state index in [1.165, 1.54) is 6.07 Å². The smallest absolute Gasteiger partial charge is 0.433 e. The van der Waals surface area contributed by atoms with Gasteiger partial charge in [-0.25, -0.2) is 9.78 Å². The predicted molar refractivity (Wildman–Crippen MR) is 94.4 cm³/mol. The molecule has 1 N–H and O–H groups in total. The summed E-state index contributed by atoms with van der Waals surface area (Å²) in [6.07, 6.45) is 0.111. The van der Waals surface area contributed by atoms with Crippen molar-refractivity contribution in [2.75, 3.05) is 13.2 Å². The SMILES string of the molecule is CC(C)(C)OC(=O)NCC1CCC(COc2ccc(C(F)(F)F)nc2)CC1. The lowest BCUT2D eigenvalue weighted by molar-refractivity contribution is -0.141. The molecule has 1 saturated carbocycles. The number of alkyl halides is 3. The summed E-state index contributed by atoms with van der Waals surface area (Å²) in [6.45, 7) is 6.52. The van der Waals surface area contributed by atoms with Gasteiger partial charge in [0.2, 0.25) is 0 Å². The van der Waals surface area contributed by atoms with Crippen LogP contribution in [-0.4, -0.2) is 29.8 Å². The maximum absolute atomic E-state index is 12.5. The van der Waals surface area contributed by atoms with Crippen molar-refractivity contribution in [3.05, 3.63) is 24.0 Å². The number of pyridine rings is 1. The minimum absolute atomic E-state index is 0.344. The van der Waals surface area contributed by atoms with E-state index in [-0.39, 0.29) is 0 Å². The third-order valence-corrected chi connectivity index (χ3v) is 4.41. The molecule has 1 aliphatic carbocycles. The quantitative estimate of drug-likeness (QED) is 0.786. The average molecular weight is 388 g/mol. The highest BCUT2D eigenvalue weighted by atomic mass is 19.4. The molecule has 1 heterocycles. The van der Waals surface area contributed by atoms with Crippen LogP contribution in [0.15, 0.2) is 18.3 Å². The van der Waals surface area contributed by atoms with Crippen molar-refractivity contribution in [3.63, 3.8) is 0 Å². The van der Waals surface area contributed by atoms with Gasteiger partial charge in [0.25, 0.3) is 0 Å². The zero-order valence-electron chi connectivity index (χ0n) is 15.9. The minimum atomic E-state index is -4.44. The Morgan fingerprint density at radius 3 is 2.30 bits per heavy atom. The van der Waals surface area contributed by atoms with Crippen LogP contribution >= 0.6 is 0 Å². The Morgan fingerprint density at radius 2 is 1.78 bits per heavy atom. The molecule has 8 heteroatoms. The van der Waals surface area contributed by atoms with Gasteiger partial charge in [-0.2, -0.15) is 13.2 Å². The summed E-state index contributed by atoms with van der Waals surface area (Å²) in [5.41, 5.74) is -1.43. The summed E-state index contributed by atoms with van der Waals surface area (Å²) in [7, 11) is 0. The van der Waals surface area contributed by atoms with Crippen LogP contribution in [0.4, 0.5) is 18.0 Å². The van der Waals surface area contributed by atoms with E-state index >= 15 is 0 Å². The number of carbonyl (C=O) groups is 1. The number of nitrogens with zero attached hydrogens (tertiary/aromatic N) is 1. The molecule has 152 valence electrons. The second kappa shape index (κ2) is 8.80. The molecule has 27 heavy (non-hydrogen) atoms. The fourth-order valence-corrected chi connectivity index (χ4v) is 2.99. The van der Waals surface area contributed by atoms with Crippen molar-refractivity contribution in [3.8, 4) is 5.75 Å². The molecule has 2 rings (SSSR count). The van der Waals surface area contributed by atoms with Crippen molar-refractivity contribution in [2.45, 2.75) is 58.2 Å². The van der Waals surface area contributed by atoms with E-state index in [9.17, 15) is 18.0 Å². The van der Waals surface area contributed by atoms with Gasteiger partial charge in [0.15, 0.2) is 0 Å². The first-order valence-electron chi connectivity index (χ1n) is 9.16. The summed E-state index contributed by atoms with van der Waals surface area (Å²) in [5.74, 6) is 1.10. The van der Waals surface area contributed by atoms with Gasteiger partial charge in [0, 0.05) is 6.54 Å². The number of halogens is 3. The number of aromatic nitrogens is 1. The average Bonchev–Trinajstić information content (AvgIpc) is 2.57. The number of nitrogens with one attached hydrogen (secondary N) is 1. The van der Waals surface area contributed by atoms with E-state index < -0.39 is 23.6 Å². The zero-order valence-corrected chi connectivity index (χ0v) is 15.9. The Bertz CT molecular complexity index is 604. The molecule has 1 aliphatic rings. The van der Waals surface area contributed by atoms with Crippen LogP contribution in [0.2, 0.25) is 0 Å². The minimum Gasteiger partial charge on any atom is -0.492 e. The van der Waals surface area contributed by atoms with Crippen LogP contribution in [0.1, 0.15) is 52.1 Å². The summed E-state index contributed by atoms with van der Waals surface area (Å²) < 4.78 is 48.3. The zero-order chi connectivity index (χ0) is 20.1. The van der Waals surface area contributed by atoms with Crippen molar-refractivity contribution in [1.29, 1.82) is 0 Å². The molecule has 1 amide bonds. The molecule has 0 radical (unpaired) electrons. The molecule has 5 nitrogen and oxygen atoms in total. The summed E-state index contributed by atoms with van der Waals surface area (Å²) in [4.78, 5) is 15.1. The van der Waals surface area contributed by atoms with Crippen molar-refractivity contribution in [1.82, 2.24) is 10.3 Å². The Kier molecular flexibility index (Phi) is 6.95. The first kappa shape index (κ1) is 21.3. The molecule has 0 spiro atoms. The molecule has 1 aromatic heterocycles. The van der Waals surface area contributed by atoms with Gasteiger partial charge in [-0.05, 0) is 70.4 Å². The van der Waals surface area contributed by atoms with Crippen LogP contribution in [0.25, 0.3) is 0 Å². The second-order valence-corrected chi connectivity index (χ2v) is 7.96. The molecule has 0 unspecified atom stereocenters. The monoisotopic (exact) mass is 388 g/mol. The van der Waals surface area contributed by atoms with E-state index in [1.807, 2.05) is 20.8 Å². The van der Waals surface area contributed by atoms with Crippen LogP contribution in [0.3, 0.4) is 0 Å². The number of amides is 1. The van der Waals surface area contributed by atoms with Gasteiger partial charge in [-0.15, -0.1) is 0 Å². The maximum atomic E-state index is 12.5. The highest BCUT2D eigenvalue weighted by Gasteiger charge is 2.32. The van der Waals surface area contributed by atoms with Crippen LogP contribution in [0, 0.1) is 11.8 Å². The van der Waals surface area contributed by atoms with Crippen molar-refractivity contribution >= 4 is 6.09 Å². The highest BCUT2D eigenvalue weighted by Crippen LogP contribution is 2.30. The molecule has 0 atom stereocenters. The number of rotatable bonds is 5. The third-order valence-electron chi connectivity index (χ3n) is 4.41. The van der Waals surface area contributed by atoms with Gasteiger partial charge in [0.1, 0.15) is 17.0 Å². The van der Waals surface area contributed by atoms with Gasteiger partial charge in [0.05, 0.1) is 12.8 Å². The van der Waals surface area contributed by atoms with Crippen molar-refractivity contribution in [2.24, 2.45) is 11.8 Å². The van der Waals surface area contributed by atoms with Gasteiger partial charge in [-0.1, -0.05) is 0 Å². The lowest BCUT2D eigenvalue weighted by Gasteiger charge is -2.29. The summed E-state index contributed by atoms with van der Waals surface area (Å²) in [5, 5.41) is 2.81. The topological polar surface area (TPSA) is 60.5 Å². The second-order valence-electron chi connectivity index (χ2n) is 7.96. The highest BCUT2D eigenvalue weighted by molar-refractivity contribution is 5.67. The fourth-order valence-electron chi connectivity index (χ4n) is 2.99. The molecular weight excluding hydrogens is 361 g/mol. The number of carbonyl (C=O) groups excluding carboxylic acids is 1. The van der Waals surface area contributed by atoms with Gasteiger partial charge >= 0.3 is 12.3 Å². The lowest BCUT2D eigenvalue weighted by Crippen LogP contribution is -2.36. The number of hydrogen-bond donors (Lipinski definition) is 1. The number of ether oxygens (including phenoxy) is 2. The van der Waals surface area contributed by atoms with Gasteiger partial charge in [-0.3, -0.25) is 0 Å². The van der Waals surface area contributed by atoms with E-state index in [0.717, 1.165) is 37.9 Å². The maximum Gasteiger partial charge on any atom is 0.433 e. The first-order valence-corrected chi connectivity index (χ1v) is 9.16. The molecule has 0 aliphatic heterocycles. The van der Waals surface area contributed by atoms with Crippen molar-refractivity contribution < 1.29 is 27.4 Å². The summed E-state index contributed by atoms with van der Waals surface area (Å²) >= 11 is 0. The van der Waals surface area contributed by atoms with E-state index in [2.05, 4.69) is 10.3 Å². The van der Waals surface area contributed by atoms with E-state index in [4.69, 9.17) is 9.47 Å². The van der Waals surface area contributed by atoms with Gasteiger partial charge < -0.3 is 14.8 Å². The Morgan fingerprint density at radius 1 is 1.15 bits per heavy atom. The summed E-state index contributed by atoms with van der Waals surface area (Å²) in [6, 6.07) is 2.22. The lowest BCUT2D eigenvalue weighted by atomic mass is 9.82. The molecule has 0 aromatic carbocycles. The standard InChI is InChI=1S/C19H27F3N2O3/c1-18(2,3)27-17(25)24-10-13-4-6-14(7-5-13)12-26-15-8-9-16(23-11-15)19(20,21)22/h8-9,11,13-14H,4-7,10,12H2,1-3H3,(H,24,25). The van der Waals surface area contributed by atoms with Crippen LogP contribution in [-0.2, 0) is 10.9 Å². The largest absolute Gasteiger partial charge is 0.492 e. The fraction of sp³-hybridized carbons (Fsp3) is 0.684. The number of hydrogen-bond acceptors (Lipinski definition) is 4. The third kappa shape index (κ3) is 7.64. The molecule has 1 fully saturated rings. The predicted octanol–water partition coefficient (Wildman–Crippen LogP) is 4.81. The van der Waals surface area contributed by atoms with Crippen LogP contribution < -0.4 is 10.1 Å². The molecule has 0 bridgehead atoms.